The molecule has 0 unspecified atom stereocenters. The molecule has 0 spiro atoms. The quantitative estimate of drug-likeness (QED) is 0.407. The number of aliphatic hydroxyl groups excluding tert-OH is 2. The standard InChI is InChI=1S/C18H19BrN2O6/c19-13-3-7-15(8-4-13)27-10-9-17(23)20-16(11-22)18(24)12-1-5-14(6-2-12)21(25)26/h1-8,16,18,22,24H,9-11H2,(H,20,23)/t16-,18-/m0/s1. The fraction of sp³-hybridized carbons (Fsp3) is 0.278. The zero-order valence-corrected chi connectivity index (χ0v) is 15.8. The van der Waals surface area contributed by atoms with Crippen molar-refractivity contribution < 1.29 is 24.7 Å². The fourth-order valence-electron chi connectivity index (χ4n) is 2.32. The number of hydrogen-bond donors (Lipinski definition) is 3. The van der Waals surface area contributed by atoms with E-state index in [4.69, 9.17) is 4.74 Å². The molecule has 0 aliphatic carbocycles. The summed E-state index contributed by atoms with van der Waals surface area (Å²) in [6.07, 6.45) is -1.16. The Morgan fingerprint density at radius 2 is 1.81 bits per heavy atom. The number of rotatable bonds is 9. The van der Waals surface area contributed by atoms with Crippen LogP contribution in [-0.2, 0) is 4.79 Å². The molecule has 8 nitrogen and oxygen atoms in total. The summed E-state index contributed by atoms with van der Waals surface area (Å²) in [5, 5.41) is 33.0. The largest absolute Gasteiger partial charge is 0.493 e. The van der Waals surface area contributed by atoms with E-state index in [1.54, 1.807) is 12.1 Å². The predicted molar refractivity (Wildman–Crippen MR) is 101 cm³/mol. The van der Waals surface area contributed by atoms with Crippen LogP contribution in [0.3, 0.4) is 0 Å². The van der Waals surface area contributed by atoms with Crippen LogP contribution in [0.5, 0.6) is 5.75 Å². The van der Waals surface area contributed by atoms with E-state index < -0.39 is 29.6 Å². The lowest BCUT2D eigenvalue weighted by Crippen LogP contribution is -2.42. The third-order valence-corrected chi connectivity index (χ3v) is 4.31. The van der Waals surface area contributed by atoms with E-state index in [0.717, 1.165) is 4.47 Å². The predicted octanol–water partition coefficient (Wildman–Crippen LogP) is 2.34. The molecule has 2 rings (SSSR count). The van der Waals surface area contributed by atoms with Crippen molar-refractivity contribution in [1.82, 2.24) is 5.32 Å². The highest BCUT2D eigenvalue weighted by atomic mass is 79.9. The van der Waals surface area contributed by atoms with Crippen LogP contribution >= 0.6 is 15.9 Å². The van der Waals surface area contributed by atoms with E-state index in [0.29, 0.717) is 11.3 Å². The van der Waals surface area contributed by atoms with Crippen LogP contribution in [0.4, 0.5) is 5.69 Å². The maximum Gasteiger partial charge on any atom is 0.269 e. The summed E-state index contributed by atoms with van der Waals surface area (Å²) < 4.78 is 6.37. The highest BCUT2D eigenvalue weighted by Gasteiger charge is 2.22. The first kappa shape index (κ1) is 20.8. The molecular formula is C18H19BrN2O6. The lowest BCUT2D eigenvalue weighted by atomic mass is 10.0. The molecule has 27 heavy (non-hydrogen) atoms. The van der Waals surface area contributed by atoms with Crippen molar-refractivity contribution in [3.8, 4) is 5.75 Å². The summed E-state index contributed by atoms with van der Waals surface area (Å²) in [6.45, 7) is -0.350. The van der Waals surface area contributed by atoms with Gasteiger partial charge in [-0.25, -0.2) is 0 Å². The lowest BCUT2D eigenvalue weighted by molar-refractivity contribution is -0.384. The number of hydrogen-bond acceptors (Lipinski definition) is 6. The summed E-state index contributed by atoms with van der Waals surface area (Å²) in [5.74, 6) is 0.225. The van der Waals surface area contributed by atoms with Crippen LogP contribution in [0.25, 0.3) is 0 Å². The molecule has 0 heterocycles. The van der Waals surface area contributed by atoms with Crippen molar-refractivity contribution in [2.45, 2.75) is 18.6 Å². The molecule has 1 amide bonds. The molecule has 0 bridgehead atoms. The van der Waals surface area contributed by atoms with E-state index in [1.807, 2.05) is 12.1 Å². The molecule has 0 aromatic heterocycles. The zero-order chi connectivity index (χ0) is 19.8. The number of carbonyl (C=O) groups is 1. The Morgan fingerprint density at radius 3 is 2.37 bits per heavy atom. The minimum absolute atomic E-state index is 0.0412. The minimum atomic E-state index is -1.20. The maximum atomic E-state index is 12.0. The molecule has 0 fully saturated rings. The van der Waals surface area contributed by atoms with Gasteiger partial charge in [-0.3, -0.25) is 14.9 Å². The molecule has 0 radical (unpaired) electrons. The number of aliphatic hydroxyl groups is 2. The first-order chi connectivity index (χ1) is 12.9. The van der Waals surface area contributed by atoms with Crippen molar-refractivity contribution in [3.63, 3.8) is 0 Å². The Labute approximate surface area is 164 Å². The van der Waals surface area contributed by atoms with Crippen LogP contribution < -0.4 is 10.1 Å². The van der Waals surface area contributed by atoms with Gasteiger partial charge in [0.25, 0.3) is 5.69 Å². The second-order valence-corrected chi connectivity index (χ2v) is 6.62. The highest BCUT2D eigenvalue weighted by molar-refractivity contribution is 9.10. The normalized spacial score (nSPS) is 12.9. The monoisotopic (exact) mass is 438 g/mol. The van der Waals surface area contributed by atoms with Crippen molar-refractivity contribution in [2.24, 2.45) is 0 Å². The molecule has 2 aromatic carbocycles. The number of benzene rings is 2. The van der Waals surface area contributed by atoms with Gasteiger partial charge >= 0.3 is 0 Å². The molecule has 9 heteroatoms. The van der Waals surface area contributed by atoms with Crippen molar-refractivity contribution >= 4 is 27.5 Å². The first-order valence-electron chi connectivity index (χ1n) is 8.11. The van der Waals surface area contributed by atoms with Gasteiger partial charge in [0.05, 0.1) is 30.6 Å². The topological polar surface area (TPSA) is 122 Å². The molecule has 0 aliphatic rings. The smallest absolute Gasteiger partial charge is 0.269 e. The molecule has 2 aromatic rings. The van der Waals surface area contributed by atoms with E-state index in [2.05, 4.69) is 21.2 Å². The SMILES string of the molecule is O=C(CCOc1ccc(Br)cc1)N[C@@H](CO)[C@@H](O)c1ccc([N+](=O)[O-])cc1. The molecular weight excluding hydrogens is 420 g/mol. The summed E-state index contributed by atoms with van der Waals surface area (Å²) in [7, 11) is 0. The Kier molecular flexibility index (Phi) is 7.71. The average molecular weight is 439 g/mol. The number of non-ortho nitro benzene ring substituents is 1. The van der Waals surface area contributed by atoms with Crippen LogP contribution in [0.15, 0.2) is 53.0 Å². The number of halogens is 1. The average Bonchev–Trinajstić information content (AvgIpc) is 2.67. The molecule has 0 aliphatic heterocycles. The van der Waals surface area contributed by atoms with Crippen LogP contribution in [0, 0.1) is 10.1 Å². The molecule has 144 valence electrons. The van der Waals surface area contributed by atoms with Gasteiger partial charge in [-0.15, -0.1) is 0 Å². The Morgan fingerprint density at radius 1 is 1.19 bits per heavy atom. The maximum absolute atomic E-state index is 12.0. The van der Waals surface area contributed by atoms with Gasteiger partial charge in [-0.2, -0.15) is 0 Å². The van der Waals surface area contributed by atoms with E-state index in [-0.39, 0.29) is 18.7 Å². The second kappa shape index (κ2) is 10.0. The first-order valence-corrected chi connectivity index (χ1v) is 8.91. The number of carbonyl (C=O) groups excluding carboxylic acids is 1. The van der Waals surface area contributed by atoms with Crippen LogP contribution in [0.1, 0.15) is 18.1 Å². The minimum Gasteiger partial charge on any atom is -0.493 e. The second-order valence-electron chi connectivity index (χ2n) is 5.70. The van der Waals surface area contributed by atoms with Gasteiger partial charge < -0.3 is 20.3 Å². The Balaban J connectivity index is 1.85. The number of nitro groups is 1. The van der Waals surface area contributed by atoms with E-state index in [1.165, 1.54) is 24.3 Å². The van der Waals surface area contributed by atoms with Crippen molar-refractivity contribution in [2.75, 3.05) is 13.2 Å². The van der Waals surface area contributed by atoms with Gasteiger partial charge in [0.2, 0.25) is 5.91 Å². The van der Waals surface area contributed by atoms with Gasteiger partial charge in [-0.05, 0) is 42.0 Å². The molecule has 3 N–H and O–H groups in total. The summed E-state index contributed by atoms with van der Waals surface area (Å²) >= 11 is 3.32. The number of nitrogens with zero attached hydrogens (tertiary/aromatic N) is 1. The molecule has 2 atom stereocenters. The Hall–Kier alpha value is -2.49. The van der Waals surface area contributed by atoms with Gasteiger partial charge in [-0.1, -0.05) is 15.9 Å². The summed E-state index contributed by atoms with van der Waals surface area (Å²) in [6, 6.07) is 11.5. The number of nitrogens with one attached hydrogen (secondary N) is 1. The van der Waals surface area contributed by atoms with Gasteiger partial charge in [0.15, 0.2) is 0 Å². The fourth-order valence-corrected chi connectivity index (χ4v) is 2.59. The van der Waals surface area contributed by atoms with Crippen molar-refractivity contribution in [3.05, 3.63) is 68.7 Å². The number of ether oxygens (including phenoxy) is 1. The van der Waals surface area contributed by atoms with E-state index >= 15 is 0 Å². The zero-order valence-electron chi connectivity index (χ0n) is 14.2. The van der Waals surface area contributed by atoms with Crippen LogP contribution in [0.2, 0.25) is 0 Å². The summed E-state index contributed by atoms with van der Waals surface area (Å²) in [4.78, 5) is 22.1. The van der Waals surface area contributed by atoms with Gasteiger partial charge in [0, 0.05) is 16.6 Å². The van der Waals surface area contributed by atoms with Gasteiger partial charge in [0.1, 0.15) is 11.9 Å². The summed E-state index contributed by atoms with van der Waals surface area (Å²) in [5.41, 5.74) is 0.242. The molecule has 0 saturated heterocycles. The Bertz CT molecular complexity index is 766. The lowest BCUT2D eigenvalue weighted by Gasteiger charge is -2.22. The third kappa shape index (κ3) is 6.31. The molecule has 0 saturated carbocycles. The van der Waals surface area contributed by atoms with E-state index in [9.17, 15) is 25.1 Å². The highest BCUT2D eigenvalue weighted by Crippen LogP contribution is 2.20. The number of nitro benzene ring substituents is 1. The van der Waals surface area contributed by atoms with Crippen LogP contribution in [-0.4, -0.2) is 40.3 Å². The third-order valence-electron chi connectivity index (χ3n) is 3.78. The number of amides is 1. The van der Waals surface area contributed by atoms with Crippen molar-refractivity contribution in [1.29, 1.82) is 0 Å².